The van der Waals surface area contributed by atoms with Gasteiger partial charge < -0.3 is 10.2 Å². The molecule has 0 amide bonds. The van der Waals surface area contributed by atoms with Crippen molar-refractivity contribution in [1.82, 2.24) is 10.3 Å². The van der Waals surface area contributed by atoms with Gasteiger partial charge in [0.05, 0.1) is 0 Å². The standard InChI is InChI=1S/C14H25N3S/c1-11-8-13(10-15-3)9-14(16-11)17(4)12(2)6-7-18-5/h8-9,12,15H,6-7,10H2,1-5H3. The zero-order chi connectivity index (χ0) is 13.5. The van der Waals surface area contributed by atoms with Crippen LogP contribution in [0.5, 0.6) is 0 Å². The summed E-state index contributed by atoms with van der Waals surface area (Å²) < 4.78 is 0. The van der Waals surface area contributed by atoms with Crippen molar-refractivity contribution in [1.29, 1.82) is 0 Å². The molecule has 3 nitrogen and oxygen atoms in total. The molecule has 0 aliphatic heterocycles. The lowest BCUT2D eigenvalue weighted by Crippen LogP contribution is -2.30. The maximum atomic E-state index is 4.64. The quantitative estimate of drug-likeness (QED) is 0.822. The van der Waals surface area contributed by atoms with Gasteiger partial charge >= 0.3 is 0 Å². The maximum absolute atomic E-state index is 4.64. The Balaban J connectivity index is 2.80. The number of anilines is 1. The first kappa shape index (κ1) is 15.3. The van der Waals surface area contributed by atoms with Crippen molar-refractivity contribution in [3.8, 4) is 0 Å². The predicted molar refractivity (Wildman–Crippen MR) is 82.6 cm³/mol. The fourth-order valence-electron chi connectivity index (χ4n) is 1.92. The van der Waals surface area contributed by atoms with Crippen LogP contribution in [-0.4, -0.2) is 37.1 Å². The van der Waals surface area contributed by atoms with Gasteiger partial charge in [-0.15, -0.1) is 0 Å². The minimum Gasteiger partial charge on any atom is -0.357 e. The molecule has 1 atom stereocenters. The van der Waals surface area contributed by atoms with Gasteiger partial charge in [-0.25, -0.2) is 4.98 Å². The molecule has 1 aromatic rings. The van der Waals surface area contributed by atoms with E-state index in [2.05, 4.69) is 54.5 Å². The number of aromatic nitrogens is 1. The van der Waals surface area contributed by atoms with Gasteiger partial charge in [-0.05, 0) is 57.0 Å². The Morgan fingerprint density at radius 2 is 2.17 bits per heavy atom. The van der Waals surface area contributed by atoms with Crippen LogP contribution in [0.2, 0.25) is 0 Å². The summed E-state index contributed by atoms with van der Waals surface area (Å²) in [7, 11) is 4.11. The lowest BCUT2D eigenvalue weighted by Gasteiger charge is -2.26. The van der Waals surface area contributed by atoms with E-state index < -0.39 is 0 Å². The monoisotopic (exact) mass is 267 g/mol. The molecule has 1 heterocycles. The van der Waals surface area contributed by atoms with E-state index in [-0.39, 0.29) is 0 Å². The molecule has 0 fully saturated rings. The van der Waals surface area contributed by atoms with E-state index >= 15 is 0 Å². The van der Waals surface area contributed by atoms with Crippen LogP contribution >= 0.6 is 11.8 Å². The molecule has 0 bridgehead atoms. The molecular weight excluding hydrogens is 242 g/mol. The minimum absolute atomic E-state index is 0.522. The Morgan fingerprint density at radius 3 is 2.78 bits per heavy atom. The molecular formula is C14H25N3S. The first-order chi connectivity index (χ1) is 8.58. The molecule has 0 radical (unpaired) electrons. The van der Waals surface area contributed by atoms with E-state index in [4.69, 9.17) is 0 Å². The summed E-state index contributed by atoms with van der Waals surface area (Å²) in [4.78, 5) is 6.92. The van der Waals surface area contributed by atoms with Crippen molar-refractivity contribution in [3.63, 3.8) is 0 Å². The van der Waals surface area contributed by atoms with Crippen molar-refractivity contribution in [3.05, 3.63) is 23.4 Å². The van der Waals surface area contributed by atoms with Crippen molar-refractivity contribution in [2.45, 2.75) is 32.9 Å². The van der Waals surface area contributed by atoms with E-state index in [1.165, 1.54) is 17.7 Å². The average molecular weight is 267 g/mol. The summed E-state index contributed by atoms with van der Waals surface area (Å²) in [5.41, 5.74) is 2.38. The van der Waals surface area contributed by atoms with Gasteiger partial charge in [0.2, 0.25) is 0 Å². The van der Waals surface area contributed by atoms with Gasteiger partial charge in [0.1, 0.15) is 5.82 Å². The normalized spacial score (nSPS) is 12.5. The number of hydrogen-bond acceptors (Lipinski definition) is 4. The Morgan fingerprint density at radius 1 is 1.44 bits per heavy atom. The second kappa shape index (κ2) is 7.64. The van der Waals surface area contributed by atoms with Gasteiger partial charge in [0.15, 0.2) is 0 Å². The number of nitrogens with zero attached hydrogens (tertiary/aromatic N) is 2. The summed E-state index contributed by atoms with van der Waals surface area (Å²) in [6.45, 7) is 5.21. The van der Waals surface area contributed by atoms with Crippen LogP contribution in [0.15, 0.2) is 12.1 Å². The highest BCUT2D eigenvalue weighted by molar-refractivity contribution is 7.98. The Labute approximate surface area is 115 Å². The highest BCUT2D eigenvalue weighted by atomic mass is 32.2. The lowest BCUT2D eigenvalue weighted by atomic mass is 10.2. The molecule has 1 rings (SSSR count). The molecule has 1 aromatic heterocycles. The molecule has 1 N–H and O–H groups in total. The van der Waals surface area contributed by atoms with Crippen LogP contribution < -0.4 is 10.2 Å². The fraction of sp³-hybridized carbons (Fsp3) is 0.643. The van der Waals surface area contributed by atoms with E-state index in [0.717, 1.165) is 18.1 Å². The number of nitrogens with one attached hydrogen (secondary N) is 1. The first-order valence-corrected chi connectivity index (χ1v) is 7.81. The molecule has 0 aromatic carbocycles. The topological polar surface area (TPSA) is 28.2 Å². The van der Waals surface area contributed by atoms with Crippen LogP contribution in [-0.2, 0) is 6.54 Å². The molecule has 0 spiro atoms. The van der Waals surface area contributed by atoms with Crippen molar-refractivity contribution >= 4 is 17.6 Å². The molecule has 0 aliphatic carbocycles. The van der Waals surface area contributed by atoms with Crippen molar-refractivity contribution < 1.29 is 0 Å². The number of thioether (sulfide) groups is 1. The van der Waals surface area contributed by atoms with E-state index in [0.29, 0.717) is 6.04 Å². The number of hydrogen-bond donors (Lipinski definition) is 1. The zero-order valence-electron chi connectivity index (χ0n) is 12.2. The average Bonchev–Trinajstić information content (AvgIpc) is 2.34. The fourth-order valence-corrected chi connectivity index (χ4v) is 2.49. The molecule has 0 saturated carbocycles. The molecule has 0 aliphatic rings. The number of rotatable bonds is 7. The third-order valence-corrected chi connectivity index (χ3v) is 3.79. The number of pyridine rings is 1. The molecule has 0 saturated heterocycles. The van der Waals surface area contributed by atoms with Gasteiger partial charge in [0.25, 0.3) is 0 Å². The van der Waals surface area contributed by atoms with Crippen LogP contribution in [0.1, 0.15) is 24.6 Å². The largest absolute Gasteiger partial charge is 0.357 e. The minimum atomic E-state index is 0.522. The summed E-state index contributed by atoms with van der Waals surface area (Å²) in [6.07, 6.45) is 3.34. The second-order valence-electron chi connectivity index (χ2n) is 4.75. The van der Waals surface area contributed by atoms with Crippen molar-refractivity contribution in [2.75, 3.05) is 31.0 Å². The predicted octanol–water partition coefficient (Wildman–Crippen LogP) is 2.69. The van der Waals surface area contributed by atoms with Crippen LogP contribution in [0.25, 0.3) is 0 Å². The van der Waals surface area contributed by atoms with Crippen molar-refractivity contribution in [2.24, 2.45) is 0 Å². The highest BCUT2D eigenvalue weighted by Crippen LogP contribution is 2.18. The van der Waals surface area contributed by atoms with Gasteiger partial charge in [0, 0.05) is 25.3 Å². The lowest BCUT2D eigenvalue weighted by molar-refractivity contribution is 0.660. The second-order valence-corrected chi connectivity index (χ2v) is 5.73. The third kappa shape index (κ3) is 4.50. The van der Waals surface area contributed by atoms with E-state index in [1.807, 2.05) is 18.8 Å². The Kier molecular flexibility index (Phi) is 6.50. The molecule has 102 valence electrons. The Bertz CT molecular complexity index is 368. The summed E-state index contributed by atoms with van der Waals surface area (Å²) in [5.74, 6) is 2.27. The summed E-state index contributed by atoms with van der Waals surface area (Å²) in [5, 5.41) is 3.19. The Hall–Kier alpha value is -0.740. The van der Waals surface area contributed by atoms with E-state index in [9.17, 15) is 0 Å². The highest BCUT2D eigenvalue weighted by Gasteiger charge is 2.12. The molecule has 1 unspecified atom stereocenters. The number of aryl methyl sites for hydroxylation is 1. The molecule has 18 heavy (non-hydrogen) atoms. The summed E-state index contributed by atoms with van der Waals surface area (Å²) >= 11 is 1.90. The first-order valence-electron chi connectivity index (χ1n) is 6.42. The van der Waals surface area contributed by atoms with Gasteiger partial charge in [-0.2, -0.15) is 11.8 Å². The van der Waals surface area contributed by atoms with E-state index in [1.54, 1.807) is 0 Å². The maximum Gasteiger partial charge on any atom is 0.129 e. The smallest absolute Gasteiger partial charge is 0.129 e. The SMILES string of the molecule is CNCc1cc(C)nc(N(C)C(C)CCSC)c1. The van der Waals surface area contributed by atoms with Gasteiger partial charge in [-0.3, -0.25) is 0 Å². The third-order valence-electron chi connectivity index (χ3n) is 3.14. The van der Waals surface area contributed by atoms with Crippen LogP contribution in [0, 0.1) is 6.92 Å². The van der Waals surface area contributed by atoms with Crippen LogP contribution in [0.3, 0.4) is 0 Å². The summed E-state index contributed by atoms with van der Waals surface area (Å²) in [6, 6.07) is 4.84. The van der Waals surface area contributed by atoms with Gasteiger partial charge in [-0.1, -0.05) is 0 Å². The molecule has 4 heteroatoms. The zero-order valence-corrected chi connectivity index (χ0v) is 13.0. The van der Waals surface area contributed by atoms with Crippen LogP contribution in [0.4, 0.5) is 5.82 Å².